The molecule has 0 fully saturated rings. The Morgan fingerprint density at radius 3 is 1.03 bits per heavy atom. The largest absolute Gasteiger partial charge is 0.478 e. The zero-order valence-corrected chi connectivity index (χ0v) is 19.8. The molecule has 0 atom stereocenters. The van der Waals surface area contributed by atoms with E-state index in [4.69, 9.17) is 10.2 Å². The molecule has 1 aromatic rings. The zero-order chi connectivity index (χ0) is 22.1. The summed E-state index contributed by atoms with van der Waals surface area (Å²) in [4.78, 5) is 20.7. The predicted molar refractivity (Wildman–Crippen MR) is 126 cm³/mol. The Morgan fingerprint density at radius 1 is 0.621 bits per heavy atom. The van der Waals surface area contributed by atoms with E-state index in [1.54, 1.807) is 24.6 Å². The first kappa shape index (κ1) is 27.6. The molecule has 0 aliphatic heterocycles. The van der Waals surface area contributed by atoms with E-state index in [1.165, 1.54) is 75.6 Å². The van der Waals surface area contributed by atoms with Gasteiger partial charge in [0.2, 0.25) is 0 Å². The van der Waals surface area contributed by atoms with Crippen molar-refractivity contribution < 1.29 is 19.8 Å². The molecule has 166 valence electrons. The number of aromatic carboxylic acids is 2. The van der Waals surface area contributed by atoms with Gasteiger partial charge in [-0.05, 0) is 49.9 Å². The molecule has 0 amide bonds. The van der Waals surface area contributed by atoms with Crippen LogP contribution in [0.3, 0.4) is 0 Å². The third-order valence-electron chi connectivity index (χ3n) is 5.32. The second-order valence-electron chi connectivity index (χ2n) is 7.84. The third-order valence-corrected chi connectivity index (χ3v) is 10.4. The topological polar surface area (TPSA) is 74.6 Å². The van der Waals surface area contributed by atoms with Gasteiger partial charge in [0.1, 0.15) is 0 Å². The van der Waals surface area contributed by atoms with Crippen molar-refractivity contribution in [2.75, 3.05) is 24.6 Å². The molecule has 2 N–H and O–H groups in total. The lowest BCUT2D eigenvalue weighted by molar-refractivity contribution is 0.0681. The van der Waals surface area contributed by atoms with Gasteiger partial charge in [0.05, 0.1) is 35.8 Å². The van der Waals surface area contributed by atoms with E-state index in [1.807, 2.05) is 0 Å². The molecule has 4 nitrogen and oxygen atoms in total. The summed E-state index contributed by atoms with van der Waals surface area (Å²) in [5, 5.41) is 16.9. The number of carboxylic acids is 2. The fourth-order valence-electron chi connectivity index (χ4n) is 3.40. The molecule has 0 saturated carbocycles. The van der Waals surface area contributed by atoms with Gasteiger partial charge in [-0.1, -0.05) is 53.4 Å². The van der Waals surface area contributed by atoms with E-state index >= 15 is 0 Å². The fourth-order valence-corrected chi connectivity index (χ4v) is 8.69. The van der Waals surface area contributed by atoms with Crippen LogP contribution >= 0.6 is 7.26 Å². The predicted octanol–water partition coefficient (Wildman–Crippen LogP) is 7.29. The highest BCUT2D eigenvalue weighted by Crippen LogP contribution is 2.61. The van der Waals surface area contributed by atoms with Gasteiger partial charge in [0, 0.05) is 7.26 Å². The molecular weight excluding hydrogens is 383 g/mol. The SMILES string of the molecule is CCCC[P+](CCCC)(CCCC)CCCC.O=C(O)c1ccc(C(=O)O)cc1. The van der Waals surface area contributed by atoms with Crippen LogP contribution in [0.1, 0.15) is 99.8 Å². The minimum Gasteiger partial charge on any atom is -0.478 e. The monoisotopic (exact) mass is 425 g/mol. The number of unbranched alkanes of at least 4 members (excludes halogenated alkanes) is 4. The van der Waals surface area contributed by atoms with Crippen molar-refractivity contribution in [2.45, 2.75) is 79.1 Å². The Kier molecular flexibility index (Phi) is 15.6. The molecule has 0 aliphatic rings. The van der Waals surface area contributed by atoms with Crippen LogP contribution in [-0.2, 0) is 0 Å². The summed E-state index contributed by atoms with van der Waals surface area (Å²) in [6, 6.07) is 5.02. The van der Waals surface area contributed by atoms with Gasteiger partial charge in [0.15, 0.2) is 0 Å². The number of hydrogen-bond donors (Lipinski definition) is 2. The summed E-state index contributed by atoms with van der Waals surface area (Å²) >= 11 is 0. The molecule has 0 radical (unpaired) electrons. The molecule has 0 bridgehead atoms. The molecule has 0 aliphatic carbocycles. The number of carboxylic acid groups (broad SMARTS) is 2. The second kappa shape index (κ2) is 16.4. The highest BCUT2D eigenvalue weighted by Gasteiger charge is 2.34. The summed E-state index contributed by atoms with van der Waals surface area (Å²) in [7, 11) is -0.562. The Labute approximate surface area is 178 Å². The Morgan fingerprint density at radius 2 is 0.862 bits per heavy atom. The standard InChI is InChI=1S/C16H36P.C8H6O4/c1-5-9-13-17(14-10-6-2,15-11-7-3)16-12-8-4;9-7(10)5-1-2-6(4-3-5)8(11)12/h5-16H2,1-4H3;1-4H,(H,9,10)(H,11,12)/q+1;. The zero-order valence-electron chi connectivity index (χ0n) is 19.0. The van der Waals surface area contributed by atoms with Crippen LogP contribution in [0.25, 0.3) is 0 Å². The summed E-state index contributed by atoms with van der Waals surface area (Å²) < 4.78 is 0. The Hall–Kier alpha value is -1.41. The van der Waals surface area contributed by atoms with Crippen LogP contribution in [0.2, 0.25) is 0 Å². The lowest BCUT2D eigenvalue weighted by Crippen LogP contribution is -2.12. The Balaban J connectivity index is 0.000000571. The van der Waals surface area contributed by atoms with Gasteiger partial charge in [0.25, 0.3) is 0 Å². The molecule has 5 heteroatoms. The molecule has 29 heavy (non-hydrogen) atoms. The van der Waals surface area contributed by atoms with E-state index in [9.17, 15) is 9.59 Å². The maximum Gasteiger partial charge on any atom is 0.335 e. The highest BCUT2D eigenvalue weighted by molar-refractivity contribution is 7.75. The molecular formula is C24H42O4P+. The normalized spacial score (nSPS) is 10.9. The van der Waals surface area contributed by atoms with E-state index in [0.29, 0.717) is 0 Å². The second-order valence-corrected chi connectivity index (χ2v) is 12.3. The number of benzene rings is 1. The lowest BCUT2D eigenvalue weighted by Gasteiger charge is -2.28. The smallest absolute Gasteiger partial charge is 0.335 e. The van der Waals surface area contributed by atoms with E-state index < -0.39 is 19.2 Å². The highest BCUT2D eigenvalue weighted by atomic mass is 31.2. The molecule has 0 unspecified atom stereocenters. The maximum atomic E-state index is 10.3. The average molecular weight is 426 g/mol. The minimum absolute atomic E-state index is 0.0833. The van der Waals surface area contributed by atoms with Crippen molar-refractivity contribution in [3.8, 4) is 0 Å². The van der Waals surface area contributed by atoms with Crippen LogP contribution in [0.4, 0.5) is 0 Å². The van der Waals surface area contributed by atoms with Gasteiger partial charge in [-0.15, -0.1) is 0 Å². The van der Waals surface area contributed by atoms with Crippen LogP contribution in [0, 0.1) is 0 Å². The number of carbonyl (C=O) groups is 2. The molecule has 0 heterocycles. The quantitative estimate of drug-likeness (QED) is 0.307. The van der Waals surface area contributed by atoms with Crippen LogP contribution in [-0.4, -0.2) is 46.8 Å². The van der Waals surface area contributed by atoms with Crippen molar-refractivity contribution in [1.82, 2.24) is 0 Å². The fraction of sp³-hybridized carbons (Fsp3) is 0.667. The molecule has 1 rings (SSSR count). The van der Waals surface area contributed by atoms with E-state index in [-0.39, 0.29) is 11.1 Å². The van der Waals surface area contributed by atoms with Crippen molar-refractivity contribution in [3.05, 3.63) is 35.4 Å². The van der Waals surface area contributed by atoms with Crippen molar-refractivity contribution in [3.63, 3.8) is 0 Å². The van der Waals surface area contributed by atoms with Crippen LogP contribution in [0.5, 0.6) is 0 Å². The number of rotatable bonds is 14. The first-order chi connectivity index (χ1) is 13.9. The van der Waals surface area contributed by atoms with Crippen LogP contribution in [0.15, 0.2) is 24.3 Å². The van der Waals surface area contributed by atoms with Crippen molar-refractivity contribution >= 4 is 19.2 Å². The molecule has 0 aromatic heterocycles. The maximum absolute atomic E-state index is 10.3. The van der Waals surface area contributed by atoms with E-state index in [2.05, 4.69) is 27.7 Å². The van der Waals surface area contributed by atoms with Gasteiger partial charge in [-0.25, -0.2) is 9.59 Å². The van der Waals surface area contributed by atoms with Gasteiger partial charge in [-0.3, -0.25) is 0 Å². The van der Waals surface area contributed by atoms with Crippen molar-refractivity contribution in [2.24, 2.45) is 0 Å². The first-order valence-corrected chi connectivity index (χ1v) is 13.8. The van der Waals surface area contributed by atoms with Crippen LogP contribution < -0.4 is 0 Å². The molecule has 0 spiro atoms. The average Bonchev–Trinajstić information content (AvgIpc) is 2.73. The first-order valence-electron chi connectivity index (χ1n) is 11.3. The summed E-state index contributed by atoms with van der Waals surface area (Å²) in [6.45, 7) is 9.42. The minimum atomic E-state index is -1.06. The van der Waals surface area contributed by atoms with E-state index in [0.717, 1.165) is 0 Å². The van der Waals surface area contributed by atoms with Gasteiger partial charge in [-0.2, -0.15) is 0 Å². The van der Waals surface area contributed by atoms with Gasteiger partial charge < -0.3 is 10.2 Å². The third kappa shape index (κ3) is 12.0. The number of hydrogen-bond acceptors (Lipinski definition) is 2. The summed E-state index contributed by atoms with van der Waals surface area (Å²) in [5.74, 6) is -2.13. The molecule has 0 saturated heterocycles. The van der Waals surface area contributed by atoms with Gasteiger partial charge >= 0.3 is 11.9 Å². The Bertz CT molecular complexity index is 498. The molecule has 1 aromatic carbocycles. The summed E-state index contributed by atoms with van der Waals surface area (Å²) in [6.07, 6.45) is 17.9. The lowest BCUT2D eigenvalue weighted by atomic mass is 10.1. The van der Waals surface area contributed by atoms with Crippen molar-refractivity contribution in [1.29, 1.82) is 0 Å². The summed E-state index contributed by atoms with van der Waals surface area (Å²) in [5.41, 5.74) is 0.167.